The quantitative estimate of drug-likeness (QED) is 0.778. The number of nitrogens with zero attached hydrogens (tertiary/aromatic N) is 2. The lowest BCUT2D eigenvalue weighted by molar-refractivity contribution is 0.247. The van der Waals surface area contributed by atoms with E-state index < -0.39 is 0 Å². The Hall–Kier alpha value is -2.37. The number of pyridine rings is 1. The highest BCUT2D eigenvalue weighted by atomic mass is 16.2. The SMILES string of the molecule is Cc1ccc(NC(=O)NC2CCc3[nH]ncc3C2)nc1. The molecule has 1 aliphatic rings. The maximum Gasteiger partial charge on any atom is 0.320 e. The molecule has 0 bridgehead atoms. The minimum absolute atomic E-state index is 0.144. The van der Waals surface area contributed by atoms with Crippen LogP contribution in [0.4, 0.5) is 10.6 Å². The molecule has 0 saturated heterocycles. The monoisotopic (exact) mass is 271 g/mol. The summed E-state index contributed by atoms with van der Waals surface area (Å²) in [5.74, 6) is 0.563. The van der Waals surface area contributed by atoms with Crippen LogP contribution in [0.15, 0.2) is 24.5 Å². The third-order valence-electron chi connectivity index (χ3n) is 3.50. The van der Waals surface area contributed by atoms with Gasteiger partial charge < -0.3 is 5.32 Å². The van der Waals surface area contributed by atoms with Crippen molar-refractivity contribution in [2.45, 2.75) is 32.2 Å². The van der Waals surface area contributed by atoms with Crippen molar-refractivity contribution in [2.75, 3.05) is 5.32 Å². The summed E-state index contributed by atoms with van der Waals surface area (Å²) in [6.07, 6.45) is 6.23. The van der Waals surface area contributed by atoms with Gasteiger partial charge in [0.2, 0.25) is 0 Å². The van der Waals surface area contributed by atoms with Crippen LogP contribution in [-0.2, 0) is 12.8 Å². The third kappa shape index (κ3) is 2.79. The molecule has 6 heteroatoms. The Morgan fingerprint density at radius 1 is 1.40 bits per heavy atom. The molecule has 1 aliphatic carbocycles. The number of aryl methyl sites for hydroxylation is 2. The third-order valence-corrected chi connectivity index (χ3v) is 3.50. The predicted octanol–water partition coefficient (Wildman–Crippen LogP) is 1.79. The first-order valence-corrected chi connectivity index (χ1v) is 6.72. The minimum Gasteiger partial charge on any atom is -0.335 e. The molecular formula is C14H17N5O. The second-order valence-corrected chi connectivity index (χ2v) is 5.13. The summed E-state index contributed by atoms with van der Waals surface area (Å²) in [4.78, 5) is 16.1. The average molecular weight is 271 g/mol. The van der Waals surface area contributed by atoms with Gasteiger partial charge in [0, 0.05) is 17.9 Å². The van der Waals surface area contributed by atoms with Crippen LogP contribution in [0.1, 0.15) is 23.2 Å². The molecule has 2 amide bonds. The van der Waals surface area contributed by atoms with Crippen LogP contribution in [-0.4, -0.2) is 27.3 Å². The number of hydrogen-bond donors (Lipinski definition) is 3. The summed E-state index contributed by atoms with van der Waals surface area (Å²) in [6, 6.07) is 3.65. The number of hydrogen-bond acceptors (Lipinski definition) is 3. The second-order valence-electron chi connectivity index (χ2n) is 5.13. The fourth-order valence-electron chi connectivity index (χ4n) is 2.42. The number of rotatable bonds is 2. The van der Waals surface area contributed by atoms with E-state index >= 15 is 0 Å². The molecule has 2 heterocycles. The number of amides is 2. The molecule has 1 atom stereocenters. The minimum atomic E-state index is -0.210. The number of nitrogens with one attached hydrogen (secondary N) is 3. The van der Waals surface area contributed by atoms with Crippen molar-refractivity contribution in [1.29, 1.82) is 0 Å². The molecule has 1 unspecified atom stereocenters. The van der Waals surface area contributed by atoms with Crippen LogP contribution in [0.25, 0.3) is 0 Å². The van der Waals surface area contributed by atoms with Crippen LogP contribution >= 0.6 is 0 Å². The van der Waals surface area contributed by atoms with Crippen LogP contribution in [0.3, 0.4) is 0 Å². The van der Waals surface area contributed by atoms with Crippen molar-refractivity contribution < 1.29 is 4.79 Å². The van der Waals surface area contributed by atoms with Crippen molar-refractivity contribution in [3.8, 4) is 0 Å². The molecule has 3 N–H and O–H groups in total. The first-order chi connectivity index (χ1) is 9.70. The number of aromatic nitrogens is 3. The van der Waals surface area contributed by atoms with E-state index in [0.717, 1.165) is 24.8 Å². The van der Waals surface area contributed by atoms with E-state index in [1.165, 1.54) is 11.3 Å². The standard InChI is InChI=1S/C14H17N5O/c1-9-2-5-13(15-7-9)18-14(20)17-11-3-4-12-10(6-11)8-16-19-12/h2,5,7-8,11H,3-4,6H2,1H3,(H,16,19)(H2,15,17,18,20). The highest BCUT2D eigenvalue weighted by molar-refractivity contribution is 5.88. The zero-order valence-corrected chi connectivity index (χ0v) is 11.3. The molecule has 0 saturated carbocycles. The zero-order chi connectivity index (χ0) is 13.9. The van der Waals surface area contributed by atoms with Crippen molar-refractivity contribution in [3.05, 3.63) is 41.3 Å². The van der Waals surface area contributed by atoms with E-state index in [2.05, 4.69) is 25.8 Å². The Morgan fingerprint density at radius 2 is 2.30 bits per heavy atom. The fourth-order valence-corrected chi connectivity index (χ4v) is 2.42. The molecule has 2 aromatic heterocycles. The van der Waals surface area contributed by atoms with E-state index in [9.17, 15) is 4.79 Å². The smallest absolute Gasteiger partial charge is 0.320 e. The van der Waals surface area contributed by atoms with Crippen molar-refractivity contribution in [3.63, 3.8) is 0 Å². The maximum atomic E-state index is 11.9. The van der Waals surface area contributed by atoms with E-state index in [1.807, 2.05) is 19.2 Å². The molecule has 2 aromatic rings. The summed E-state index contributed by atoms with van der Waals surface area (Å²) in [5.41, 5.74) is 3.44. The van der Waals surface area contributed by atoms with Crippen LogP contribution in [0.5, 0.6) is 0 Å². The molecule has 0 aromatic carbocycles. The topological polar surface area (TPSA) is 82.7 Å². The van der Waals surface area contributed by atoms with E-state index in [-0.39, 0.29) is 12.1 Å². The van der Waals surface area contributed by atoms with Gasteiger partial charge >= 0.3 is 6.03 Å². The van der Waals surface area contributed by atoms with Crippen molar-refractivity contribution in [2.24, 2.45) is 0 Å². The summed E-state index contributed by atoms with van der Waals surface area (Å²) < 4.78 is 0. The van der Waals surface area contributed by atoms with E-state index in [1.54, 1.807) is 12.3 Å². The van der Waals surface area contributed by atoms with Gasteiger partial charge in [-0.25, -0.2) is 9.78 Å². The van der Waals surface area contributed by atoms with Gasteiger partial charge in [-0.2, -0.15) is 5.10 Å². The maximum absolute atomic E-state index is 11.9. The molecule has 3 rings (SSSR count). The summed E-state index contributed by atoms with van der Waals surface area (Å²) >= 11 is 0. The van der Waals surface area contributed by atoms with Gasteiger partial charge in [-0.1, -0.05) is 6.07 Å². The fraction of sp³-hybridized carbons (Fsp3) is 0.357. The largest absolute Gasteiger partial charge is 0.335 e. The van der Waals surface area contributed by atoms with Crippen LogP contribution in [0, 0.1) is 6.92 Å². The first-order valence-electron chi connectivity index (χ1n) is 6.72. The number of H-pyrrole nitrogens is 1. The lowest BCUT2D eigenvalue weighted by Gasteiger charge is -2.22. The van der Waals surface area contributed by atoms with Gasteiger partial charge in [-0.15, -0.1) is 0 Å². The molecule has 104 valence electrons. The molecule has 0 fully saturated rings. The van der Waals surface area contributed by atoms with Crippen molar-refractivity contribution in [1.82, 2.24) is 20.5 Å². The van der Waals surface area contributed by atoms with E-state index in [4.69, 9.17) is 0 Å². The average Bonchev–Trinajstić information content (AvgIpc) is 2.89. The molecule has 20 heavy (non-hydrogen) atoms. The van der Waals surface area contributed by atoms with Crippen LogP contribution in [0.2, 0.25) is 0 Å². The summed E-state index contributed by atoms with van der Waals surface area (Å²) in [6.45, 7) is 1.96. The highest BCUT2D eigenvalue weighted by Gasteiger charge is 2.21. The van der Waals surface area contributed by atoms with Gasteiger partial charge in [-0.3, -0.25) is 10.4 Å². The molecule has 0 radical (unpaired) electrons. The first kappa shape index (κ1) is 12.7. The summed E-state index contributed by atoms with van der Waals surface area (Å²) in [7, 11) is 0. The number of carbonyl (C=O) groups excluding carboxylic acids is 1. The second kappa shape index (κ2) is 5.32. The Balaban J connectivity index is 1.56. The lowest BCUT2D eigenvalue weighted by Crippen LogP contribution is -2.41. The number of anilines is 1. The normalized spacial score (nSPS) is 17.4. The number of fused-ring (bicyclic) bond motifs is 1. The zero-order valence-electron chi connectivity index (χ0n) is 11.3. The molecule has 0 spiro atoms. The van der Waals surface area contributed by atoms with Crippen LogP contribution < -0.4 is 10.6 Å². The molecule has 0 aliphatic heterocycles. The van der Waals surface area contributed by atoms with Gasteiger partial charge in [-0.05, 0) is 43.4 Å². The molecule has 6 nitrogen and oxygen atoms in total. The highest BCUT2D eigenvalue weighted by Crippen LogP contribution is 2.18. The Bertz CT molecular complexity index is 604. The number of carbonyl (C=O) groups is 1. The van der Waals surface area contributed by atoms with Gasteiger partial charge in [0.1, 0.15) is 5.82 Å². The Labute approximate surface area is 117 Å². The van der Waals surface area contributed by atoms with E-state index in [0.29, 0.717) is 5.82 Å². The summed E-state index contributed by atoms with van der Waals surface area (Å²) in [5, 5.41) is 12.7. The lowest BCUT2D eigenvalue weighted by atomic mass is 9.94. The van der Waals surface area contributed by atoms with Gasteiger partial charge in [0.15, 0.2) is 0 Å². The number of aromatic amines is 1. The number of urea groups is 1. The Kier molecular flexibility index (Phi) is 3.37. The Morgan fingerprint density at radius 3 is 3.10 bits per heavy atom. The predicted molar refractivity (Wildman–Crippen MR) is 75.5 cm³/mol. The molecular weight excluding hydrogens is 254 g/mol. The van der Waals surface area contributed by atoms with Gasteiger partial charge in [0.25, 0.3) is 0 Å². The van der Waals surface area contributed by atoms with Crippen molar-refractivity contribution >= 4 is 11.8 Å². The van der Waals surface area contributed by atoms with Gasteiger partial charge in [0.05, 0.1) is 6.20 Å².